The SMILES string of the molecule is C.CCC.CCOCC. The summed E-state index contributed by atoms with van der Waals surface area (Å²) >= 11 is 0. The van der Waals surface area contributed by atoms with Crippen LogP contribution in [0.5, 0.6) is 0 Å². The summed E-state index contributed by atoms with van der Waals surface area (Å²) in [6, 6.07) is 0. The quantitative estimate of drug-likeness (QED) is 0.564. The Hall–Kier alpha value is -0.0400. The Morgan fingerprint density at radius 1 is 0.889 bits per heavy atom. The molecule has 0 aliphatic rings. The fraction of sp³-hybridized carbons (Fsp3) is 1.00. The van der Waals surface area contributed by atoms with Crippen molar-refractivity contribution in [2.45, 2.75) is 41.5 Å². The highest BCUT2D eigenvalue weighted by molar-refractivity contribution is 4.07. The van der Waals surface area contributed by atoms with Gasteiger partial charge in [-0.15, -0.1) is 0 Å². The van der Waals surface area contributed by atoms with Crippen molar-refractivity contribution in [2.24, 2.45) is 0 Å². The van der Waals surface area contributed by atoms with Gasteiger partial charge in [-0.25, -0.2) is 0 Å². The highest BCUT2D eigenvalue weighted by Gasteiger charge is 1.64. The summed E-state index contributed by atoms with van der Waals surface area (Å²) in [6.45, 7) is 9.92. The molecule has 0 aromatic heterocycles. The smallest absolute Gasteiger partial charge is 0.0437 e. The molecule has 0 amide bonds. The molecule has 0 unspecified atom stereocenters. The molecule has 0 N–H and O–H groups in total. The van der Waals surface area contributed by atoms with Crippen LogP contribution in [0, 0.1) is 0 Å². The lowest BCUT2D eigenvalue weighted by Gasteiger charge is -1.86. The van der Waals surface area contributed by atoms with Gasteiger partial charge in [0.25, 0.3) is 0 Å². The Balaban J connectivity index is -0.0000000800. The number of hydrogen-bond donors (Lipinski definition) is 0. The lowest BCUT2D eigenvalue weighted by atomic mass is 10.6. The Kier molecular flexibility index (Phi) is 43.7. The van der Waals surface area contributed by atoms with Gasteiger partial charge >= 0.3 is 0 Å². The minimum Gasteiger partial charge on any atom is -0.382 e. The average molecular weight is 134 g/mol. The number of ether oxygens (including phenoxy) is 1. The van der Waals surface area contributed by atoms with Gasteiger partial charge in [0.15, 0.2) is 0 Å². The van der Waals surface area contributed by atoms with Gasteiger partial charge in [-0.2, -0.15) is 0 Å². The molecule has 0 saturated carbocycles. The first-order valence-electron chi connectivity index (χ1n) is 3.41. The maximum atomic E-state index is 4.83. The van der Waals surface area contributed by atoms with E-state index < -0.39 is 0 Å². The minimum absolute atomic E-state index is 0. The molecule has 0 fully saturated rings. The van der Waals surface area contributed by atoms with Gasteiger partial charge in [0.2, 0.25) is 0 Å². The van der Waals surface area contributed by atoms with Crippen molar-refractivity contribution in [3.63, 3.8) is 0 Å². The molecule has 9 heavy (non-hydrogen) atoms. The van der Waals surface area contributed by atoms with Gasteiger partial charge in [-0.1, -0.05) is 27.7 Å². The van der Waals surface area contributed by atoms with Gasteiger partial charge in [-0.05, 0) is 13.8 Å². The van der Waals surface area contributed by atoms with Crippen molar-refractivity contribution >= 4 is 0 Å². The van der Waals surface area contributed by atoms with Crippen LogP contribution < -0.4 is 0 Å². The summed E-state index contributed by atoms with van der Waals surface area (Å²) in [5, 5.41) is 0. The third-order valence-electron chi connectivity index (χ3n) is 0.408. The molecule has 0 heterocycles. The zero-order chi connectivity index (χ0) is 6.83. The summed E-state index contributed by atoms with van der Waals surface area (Å²) in [6.07, 6.45) is 1.25. The van der Waals surface area contributed by atoms with E-state index in [4.69, 9.17) is 4.74 Å². The van der Waals surface area contributed by atoms with Crippen LogP contribution in [-0.4, -0.2) is 13.2 Å². The van der Waals surface area contributed by atoms with Crippen molar-refractivity contribution in [3.05, 3.63) is 0 Å². The highest BCUT2D eigenvalue weighted by atomic mass is 16.5. The molecule has 0 saturated heterocycles. The first-order chi connectivity index (χ1) is 3.83. The van der Waals surface area contributed by atoms with Crippen molar-refractivity contribution in [1.29, 1.82) is 0 Å². The van der Waals surface area contributed by atoms with Gasteiger partial charge in [0.05, 0.1) is 0 Å². The monoisotopic (exact) mass is 134 g/mol. The van der Waals surface area contributed by atoms with Crippen LogP contribution in [0.1, 0.15) is 41.5 Å². The molecule has 0 aromatic carbocycles. The maximum Gasteiger partial charge on any atom is 0.0437 e. The Morgan fingerprint density at radius 2 is 1.11 bits per heavy atom. The molecule has 0 aliphatic heterocycles. The lowest BCUT2D eigenvalue weighted by molar-refractivity contribution is 0.162. The number of rotatable bonds is 2. The second-order valence-electron chi connectivity index (χ2n) is 1.49. The molecular formula is C8H22O. The van der Waals surface area contributed by atoms with E-state index in [1.807, 2.05) is 13.8 Å². The third kappa shape index (κ3) is 73.6. The molecule has 1 heteroatoms. The molecule has 0 rings (SSSR count). The van der Waals surface area contributed by atoms with Crippen LogP contribution in [0.2, 0.25) is 0 Å². The zero-order valence-corrected chi connectivity index (χ0v) is 6.53. The van der Waals surface area contributed by atoms with E-state index in [9.17, 15) is 0 Å². The fourth-order valence-electron chi connectivity index (χ4n) is 0.204. The van der Waals surface area contributed by atoms with Gasteiger partial charge in [-0.3, -0.25) is 0 Å². The van der Waals surface area contributed by atoms with Crippen LogP contribution in [0.4, 0.5) is 0 Å². The van der Waals surface area contributed by atoms with Crippen LogP contribution in [0.25, 0.3) is 0 Å². The van der Waals surface area contributed by atoms with Gasteiger partial charge in [0, 0.05) is 13.2 Å². The summed E-state index contributed by atoms with van der Waals surface area (Å²) in [4.78, 5) is 0. The first-order valence-corrected chi connectivity index (χ1v) is 3.41. The molecule has 0 bridgehead atoms. The Labute approximate surface area is 60.4 Å². The first kappa shape index (κ1) is 16.0. The lowest BCUT2D eigenvalue weighted by Crippen LogP contribution is -1.84. The van der Waals surface area contributed by atoms with E-state index in [1.165, 1.54) is 6.42 Å². The molecule has 0 spiro atoms. The molecular weight excluding hydrogens is 112 g/mol. The predicted molar refractivity (Wildman–Crippen MR) is 44.9 cm³/mol. The minimum atomic E-state index is 0. The maximum absolute atomic E-state index is 4.83. The van der Waals surface area contributed by atoms with E-state index in [-0.39, 0.29) is 7.43 Å². The molecule has 0 radical (unpaired) electrons. The Morgan fingerprint density at radius 3 is 1.11 bits per heavy atom. The second-order valence-corrected chi connectivity index (χ2v) is 1.49. The van der Waals surface area contributed by atoms with E-state index in [1.54, 1.807) is 0 Å². The van der Waals surface area contributed by atoms with Crippen molar-refractivity contribution in [3.8, 4) is 0 Å². The van der Waals surface area contributed by atoms with Crippen LogP contribution in [0.15, 0.2) is 0 Å². The molecule has 0 aliphatic carbocycles. The summed E-state index contributed by atoms with van der Waals surface area (Å²) in [5.74, 6) is 0. The van der Waals surface area contributed by atoms with Crippen molar-refractivity contribution in [1.82, 2.24) is 0 Å². The Bertz CT molecular complexity index is 18.5. The largest absolute Gasteiger partial charge is 0.382 e. The summed E-state index contributed by atoms with van der Waals surface area (Å²) < 4.78 is 4.83. The van der Waals surface area contributed by atoms with E-state index >= 15 is 0 Å². The second kappa shape index (κ2) is 24.6. The van der Waals surface area contributed by atoms with Gasteiger partial charge < -0.3 is 4.74 Å². The third-order valence-corrected chi connectivity index (χ3v) is 0.408. The standard InChI is InChI=1S/C4H10O.C3H8.CH4/c1-3-5-4-2;1-3-2;/h3-4H2,1-2H3;3H2,1-2H3;1H4. The van der Waals surface area contributed by atoms with Crippen molar-refractivity contribution in [2.75, 3.05) is 13.2 Å². The molecule has 0 atom stereocenters. The van der Waals surface area contributed by atoms with E-state index in [0.29, 0.717) is 0 Å². The van der Waals surface area contributed by atoms with Crippen molar-refractivity contribution < 1.29 is 4.74 Å². The summed E-state index contributed by atoms with van der Waals surface area (Å²) in [5.41, 5.74) is 0. The van der Waals surface area contributed by atoms with E-state index in [0.717, 1.165) is 13.2 Å². The van der Waals surface area contributed by atoms with Crippen LogP contribution >= 0.6 is 0 Å². The zero-order valence-electron chi connectivity index (χ0n) is 6.53. The van der Waals surface area contributed by atoms with Crippen LogP contribution in [-0.2, 0) is 4.74 Å². The molecule has 60 valence electrons. The molecule has 1 nitrogen and oxygen atoms in total. The van der Waals surface area contributed by atoms with Crippen LogP contribution in [0.3, 0.4) is 0 Å². The fourth-order valence-corrected chi connectivity index (χ4v) is 0.204. The van der Waals surface area contributed by atoms with Gasteiger partial charge in [0.1, 0.15) is 0 Å². The number of hydrogen-bond acceptors (Lipinski definition) is 1. The predicted octanol–water partition coefficient (Wildman–Crippen LogP) is 3.10. The normalized spacial score (nSPS) is 6.67. The van der Waals surface area contributed by atoms with E-state index in [2.05, 4.69) is 13.8 Å². The molecule has 0 aromatic rings. The topological polar surface area (TPSA) is 9.23 Å². The summed E-state index contributed by atoms with van der Waals surface area (Å²) in [7, 11) is 0. The average Bonchev–Trinajstić information content (AvgIpc) is 1.71. The highest BCUT2D eigenvalue weighted by Crippen LogP contribution is 1.64.